The van der Waals surface area contributed by atoms with E-state index in [-0.39, 0.29) is 11.3 Å². The average Bonchev–Trinajstić information content (AvgIpc) is 2.47. The van der Waals surface area contributed by atoms with Crippen LogP contribution in [0.4, 0.5) is 5.69 Å². The topological polar surface area (TPSA) is 99.2 Å². The number of carboxylic acids is 1. The van der Waals surface area contributed by atoms with Gasteiger partial charge in [0.25, 0.3) is 5.91 Å². The number of aromatic nitrogens is 1. The SMILES string of the molecule is CC(=O)c1ccc(NC(=O)c2cccnc2C(=O)[O-])cc1. The lowest BCUT2D eigenvalue weighted by Crippen LogP contribution is -2.27. The van der Waals surface area contributed by atoms with Crippen LogP contribution in [0.15, 0.2) is 42.6 Å². The number of anilines is 1. The number of rotatable bonds is 4. The van der Waals surface area contributed by atoms with Gasteiger partial charge in [0.2, 0.25) is 0 Å². The summed E-state index contributed by atoms with van der Waals surface area (Å²) in [5.74, 6) is -2.22. The van der Waals surface area contributed by atoms with Crippen molar-refractivity contribution in [3.05, 3.63) is 59.4 Å². The first-order valence-corrected chi connectivity index (χ1v) is 6.08. The van der Waals surface area contributed by atoms with Crippen molar-refractivity contribution < 1.29 is 19.5 Å². The molecule has 1 aromatic carbocycles. The standard InChI is InChI=1S/C15H12N2O4/c1-9(18)10-4-6-11(7-5-10)17-14(19)12-3-2-8-16-13(12)15(20)21/h2-8H,1H3,(H,17,19)(H,20,21)/p-1. The lowest BCUT2D eigenvalue weighted by Gasteiger charge is -2.10. The zero-order valence-corrected chi connectivity index (χ0v) is 11.1. The van der Waals surface area contributed by atoms with E-state index in [1.165, 1.54) is 25.3 Å². The van der Waals surface area contributed by atoms with Gasteiger partial charge in [-0.15, -0.1) is 0 Å². The molecule has 21 heavy (non-hydrogen) atoms. The quantitative estimate of drug-likeness (QED) is 0.840. The summed E-state index contributed by atoms with van der Waals surface area (Å²) in [7, 11) is 0. The Balaban J connectivity index is 2.22. The summed E-state index contributed by atoms with van der Waals surface area (Å²) in [6.07, 6.45) is 1.27. The Morgan fingerprint density at radius 1 is 1.10 bits per heavy atom. The van der Waals surface area contributed by atoms with Gasteiger partial charge in [-0.3, -0.25) is 14.6 Å². The van der Waals surface area contributed by atoms with Gasteiger partial charge in [-0.05, 0) is 43.3 Å². The first-order valence-electron chi connectivity index (χ1n) is 6.08. The minimum Gasteiger partial charge on any atom is -0.543 e. The number of pyridine rings is 1. The fraction of sp³-hybridized carbons (Fsp3) is 0.0667. The van der Waals surface area contributed by atoms with E-state index >= 15 is 0 Å². The summed E-state index contributed by atoms with van der Waals surface area (Å²) in [5.41, 5.74) is 0.450. The van der Waals surface area contributed by atoms with Gasteiger partial charge in [-0.2, -0.15) is 0 Å². The van der Waals surface area contributed by atoms with E-state index in [4.69, 9.17) is 0 Å². The van der Waals surface area contributed by atoms with Crippen LogP contribution >= 0.6 is 0 Å². The van der Waals surface area contributed by atoms with E-state index in [1.54, 1.807) is 24.3 Å². The van der Waals surface area contributed by atoms with Gasteiger partial charge in [0.1, 0.15) is 0 Å². The molecule has 0 aliphatic rings. The van der Waals surface area contributed by atoms with Crippen LogP contribution in [0.5, 0.6) is 0 Å². The Bertz CT molecular complexity index is 708. The van der Waals surface area contributed by atoms with Gasteiger partial charge in [-0.1, -0.05) is 0 Å². The molecule has 0 aliphatic heterocycles. The highest BCUT2D eigenvalue weighted by molar-refractivity contribution is 6.09. The molecule has 0 unspecified atom stereocenters. The number of hydrogen-bond donors (Lipinski definition) is 1. The van der Waals surface area contributed by atoms with Crippen LogP contribution in [0.3, 0.4) is 0 Å². The Labute approximate surface area is 120 Å². The Morgan fingerprint density at radius 3 is 2.33 bits per heavy atom. The molecule has 0 saturated heterocycles. The van der Waals surface area contributed by atoms with Crippen LogP contribution in [0.25, 0.3) is 0 Å². The van der Waals surface area contributed by atoms with Gasteiger partial charge in [0.15, 0.2) is 5.78 Å². The van der Waals surface area contributed by atoms with Crippen molar-refractivity contribution in [2.75, 3.05) is 5.32 Å². The third-order valence-electron chi connectivity index (χ3n) is 2.79. The van der Waals surface area contributed by atoms with Crippen LogP contribution in [-0.2, 0) is 0 Å². The van der Waals surface area contributed by atoms with E-state index < -0.39 is 17.6 Å². The third-order valence-corrected chi connectivity index (χ3v) is 2.79. The van der Waals surface area contributed by atoms with Crippen molar-refractivity contribution in [2.24, 2.45) is 0 Å². The monoisotopic (exact) mass is 283 g/mol. The molecule has 1 heterocycles. The van der Waals surface area contributed by atoms with E-state index in [1.807, 2.05) is 0 Å². The highest BCUT2D eigenvalue weighted by atomic mass is 16.4. The number of nitrogens with one attached hydrogen (secondary N) is 1. The second-order valence-corrected chi connectivity index (χ2v) is 4.27. The van der Waals surface area contributed by atoms with Gasteiger partial charge in [0.05, 0.1) is 17.2 Å². The molecule has 0 saturated carbocycles. The number of nitrogens with zero attached hydrogens (tertiary/aromatic N) is 1. The zero-order valence-electron chi connectivity index (χ0n) is 11.1. The summed E-state index contributed by atoms with van der Waals surface area (Å²) in [6.45, 7) is 1.44. The van der Waals surface area contributed by atoms with E-state index in [0.717, 1.165) is 0 Å². The normalized spacial score (nSPS) is 9.95. The maximum Gasteiger partial charge on any atom is 0.257 e. The molecule has 106 valence electrons. The molecular weight excluding hydrogens is 272 g/mol. The maximum absolute atomic E-state index is 12.0. The van der Waals surface area contributed by atoms with Crippen LogP contribution in [-0.4, -0.2) is 22.6 Å². The summed E-state index contributed by atoms with van der Waals surface area (Å²) >= 11 is 0. The average molecular weight is 283 g/mol. The molecule has 6 heteroatoms. The number of amides is 1. The molecule has 1 amide bonds. The summed E-state index contributed by atoms with van der Waals surface area (Å²) in [4.78, 5) is 37.7. The van der Waals surface area contributed by atoms with Crippen molar-refractivity contribution in [1.29, 1.82) is 0 Å². The number of ketones is 1. The van der Waals surface area contributed by atoms with Gasteiger partial charge in [-0.25, -0.2) is 0 Å². The van der Waals surface area contributed by atoms with Crippen LogP contribution in [0, 0.1) is 0 Å². The molecule has 0 fully saturated rings. The summed E-state index contributed by atoms with van der Waals surface area (Å²) in [6, 6.07) is 9.06. The molecule has 2 rings (SSSR count). The molecule has 0 bridgehead atoms. The van der Waals surface area contributed by atoms with E-state index in [2.05, 4.69) is 10.3 Å². The number of hydrogen-bond acceptors (Lipinski definition) is 5. The first-order chi connectivity index (χ1) is 9.99. The number of aromatic carboxylic acids is 1. The van der Waals surface area contributed by atoms with Crippen LogP contribution < -0.4 is 10.4 Å². The smallest absolute Gasteiger partial charge is 0.257 e. The second-order valence-electron chi connectivity index (χ2n) is 4.27. The third kappa shape index (κ3) is 3.30. The predicted octanol–water partition coefficient (Wildman–Crippen LogP) is 0.900. The van der Waals surface area contributed by atoms with Crippen molar-refractivity contribution in [3.8, 4) is 0 Å². The first kappa shape index (κ1) is 14.4. The van der Waals surface area contributed by atoms with Gasteiger partial charge in [0, 0.05) is 17.4 Å². The minimum absolute atomic E-state index is 0.0839. The van der Waals surface area contributed by atoms with Crippen LogP contribution in [0.1, 0.15) is 38.1 Å². The summed E-state index contributed by atoms with van der Waals surface area (Å²) in [5, 5.41) is 13.4. The minimum atomic E-state index is -1.52. The Kier molecular flexibility index (Phi) is 4.08. The molecule has 0 radical (unpaired) electrons. The molecule has 0 atom stereocenters. The Hall–Kier alpha value is -3.02. The van der Waals surface area contributed by atoms with Gasteiger partial charge >= 0.3 is 0 Å². The molecule has 1 aromatic heterocycles. The maximum atomic E-state index is 12.0. The zero-order chi connectivity index (χ0) is 15.4. The number of carbonyl (C=O) groups excluding carboxylic acids is 3. The number of benzene rings is 1. The summed E-state index contributed by atoms with van der Waals surface area (Å²) < 4.78 is 0. The molecular formula is C15H11N2O4-. The lowest BCUT2D eigenvalue weighted by atomic mass is 10.1. The molecule has 1 N–H and O–H groups in total. The van der Waals surface area contributed by atoms with Crippen LogP contribution in [0.2, 0.25) is 0 Å². The highest BCUT2D eigenvalue weighted by Gasteiger charge is 2.13. The molecule has 0 aliphatic carbocycles. The van der Waals surface area contributed by atoms with Crippen molar-refractivity contribution in [2.45, 2.75) is 6.92 Å². The largest absolute Gasteiger partial charge is 0.543 e. The van der Waals surface area contributed by atoms with Crippen molar-refractivity contribution >= 4 is 23.3 Å². The van der Waals surface area contributed by atoms with Crippen molar-refractivity contribution in [3.63, 3.8) is 0 Å². The van der Waals surface area contributed by atoms with Crippen molar-refractivity contribution in [1.82, 2.24) is 4.98 Å². The number of carboxylic acid groups (broad SMARTS) is 1. The molecule has 6 nitrogen and oxygen atoms in total. The van der Waals surface area contributed by atoms with Gasteiger partial charge < -0.3 is 15.2 Å². The number of carbonyl (C=O) groups is 3. The fourth-order valence-electron chi connectivity index (χ4n) is 1.74. The second kappa shape index (κ2) is 5.96. The highest BCUT2D eigenvalue weighted by Crippen LogP contribution is 2.13. The molecule has 2 aromatic rings. The number of Topliss-reactive ketones (excluding diaryl/α,β-unsaturated/α-hetero) is 1. The molecule has 0 spiro atoms. The Morgan fingerprint density at radius 2 is 1.76 bits per heavy atom. The van der Waals surface area contributed by atoms with E-state index in [9.17, 15) is 19.5 Å². The predicted molar refractivity (Wildman–Crippen MR) is 73.0 cm³/mol. The van der Waals surface area contributed by atoms with E-state index in [0.29, 0.717) is 11.3 Å². The lowest BCUT2D eigenvalue weighted by molar-refractivity contribution is -0.255. The fourth-order valence-corrected chi connectivity index (χ4v) is 1.74.